The maximum absolute atomic E-state index is 12.9. The maximum atomic E-state index is 12.9. The molecular formula is C20H37N3O4. The van der Waals surface area contributed by atoms with Crippen molar-refractivity contribution < 1.29 is 19.1 Å². The number of carbonyl (C=O) groups excluding carboxylic acids is 3. The predicted octanol–water partition coefficient (Wildman–Crippen LogP) is 1.95. The van der Waals surface area contributed by atoms with Gasteiger partial charge in [0.15, 0.2) is 0 Å². The minimum Gasteiger partial charge on any atom is -0.459 e. The average molecular weight is 384 g/mol. The van der Waals surface area contributed by atoms with Crippen LogP contribution in [0.3, 0.4) is 0 Å². The zero-order valence-corrected chi connectivity index (χ0v) is 17.8. The molecule has 2 amide bonds. The molecule has 7 nitrogen and oxygen atoms in total. The minimum atomic E-state index is -0.584. The third kappa shape index (κ3) is 8.28. The summed E-state index contributed by atoms with van der Waals surface area (Å²) >= 11 is 0. The molecule has 7 heteroatoms. The molecule has 0 radical (unpaired) electrons. The van der Waals surface area contributed by atoms with E-state index in [4.69, 9.17) is 4.74 Å². The van der Waals surface area contributed by atoms with Crippen LogP contribution in [0, 0.1) is 0 Å². The van der Waals surface area contributed by atoms with Gasteiger partial charge in [-0.3, -0.25) is 19.3 Å². The van der Waals surface area contributed by atoms with Gasteiger partial charge in [0, 0.05) is 32.6 Å². The number of carbonyl (C=O) groups is 3. The molecule has 0 aromatic carbocycles. The lowest BCUT2D eigenvalue weighted by atomic mass is 10.00. The van der Waals surface area contributed by atoms with Gasteiger partial charge in [-0.05, 0) is 53.4 Å². The molecule has 0 aromatic rings. The van der Waals surface area contributed by atoms with Gasteiger partial charge in [0.25, 0.3) is 0 Å². The molecule has 1 aliphatic heterocycles. The zero-order valence-electron chi connectivity index (χ0n) is 17.8. The van der Waals surface area contributed by atoms with Crippen LogP contribution in [0.15, 0.2) is 0 Å². The van der Waals surface area contributed by atoms with Crippen molar-refractivity contribution in [2.24, 2.45) is 0 Å². The SMILES string of the molecule is CC[C@H]1CCCCN1C(=O)CN(CCNC(C)=O)[C@H](C)C(=O)OC(C)(C)C. The highest BCUT2D eigenvalue weighted by Crippen LogP contribution is 2.20. The highest BCUT2D eigenvalue weighted by molar-refractivity contribution is 5.81. The molecule has 0 unspecified atom stereocenters. The molecule has 1 heterocycles. The standard InChI is InChI=1S/C20H37N3O4/c1-7-17-10-8-9-12-23(17)18(25)14-22(13-11-21-16(3)24)15(2)19(26)27-20(4,5)6/h15,17H,7-14H2,1-6H3,(H,21,24)/t15-,17+/m1/s1. The van der Waals surface area contributed by atoms with Gasteiger partial charge < -0.3 is 15.0 Å². The molecular weight excluding hydrogens is 346 g/mol. The third-order valence-corrected chi connectivity index (χ3v) is 4.83. The van der Waals surface area contributed by atoms with Crippen LogP contribution in [0.4, 0.5) is 0 Å². The summed E-state index contributed by atoms with van der Waals surface area (Å²) in [4.78, 5) is 40.4. The normalized spacial score (nSPS) is 18.9. The van der Waals surface area contributed by atoms with Crippen LogP contribution in [0.5, 0.6) is 0 Å². The van der Waals surface area contributed by atoms with E-state index < -0.39 is 11.6 Å². The Morgan fingerprint density at radius 3 is 2.48 bits per heavy atom. The number of esters is 1. The summed E-state index contributed by atoms with van der Waals surface area (Å²) in [6.45, 7) is 12.5. The summed E-state index contributed by atoms with van der Waals surface area (Å²) in [5.41, 5.74) is -0.584. The van der Waals surface area contributed by atoms with Crippen LogP contribution in [0.25, 0.3) is 0 Å². The lowest BCUT2D eigenvalue weighted by Crippen LogP contribution is -2.52. The summed E-state index contributed by atoms with van der Waals surface area (Å²) < 4.78 is 5.48. The van der Waals surface area contributed by atoms with E-state index in [9.17, 15) is 14.4 Å². The van der Waals surface area contributed by atoms with E-state index in [0.29, 0.717) is 13.1 Å². The van der Waals surface area contributed by atoms with E-state index in [1.54, 1.807) is 11.8 Å². The molecule has 0 spiro atoms. The number of ether oxygens (including phenoxy) is 1. The molecule has 0 aliphatic carbocycles. The second-order valence-electron chi connectivity index (χ2n) is 8.31. The quantitative estimate of drug-likeness (QED) is 0.648. The molecule has 0 saturated carbocycles. The van der Waals surface area contributed by atoms with Crippen molar-refractivity contribution in [3.8, 4) is 0 Å². The topological polar surface area (TPSA) is 79.0 Å². The van der Waals surface area contributed by atoms with Crippen LogP contribution in [-0.4, -0.2) is 71.4 Å². The Hall–Kier alpha value is -1.63. The Morgan fingerprint density at radius 1 is 1.26 bits per heavy atom. The van der Waals surface area contributed by atoms with E-state index in [1.165, 1.54) is 6.92 Å². The Labute approximate surface area is 163 Å². The van der Waals surface area contributed by atoms with Gasteiger partial charge in [-0.15, -0.1) is 0 Å². The van der Waals surface area contributed by atoms with Crippen molar-refractivity contribution >= 4 is 17.8 Å². The van der Waals surface area contributed by atoms with Crippen molar-refractivity contribution in [2.45, 2.75) is 84.9 Å². The predicted molar refractivity (Wildman–Crippen MR) is 105 cm³/mol. The molecule has 27 heavy (non-hydrogen) atoms. The van der Waals surface area contributed by atoms with Crippen molar-refractivity contribution in [1.82, 2.24) is 15.1 Å². The second kappa shape index (κ2) is 10.6. The molecule has 156 valence electrons. The van der Waals surface area contributed by atoms with Gasteiger partial charge >= 0.3 is 5.97 Å². The Kier molecular flexibility index (Phi) is 9.22. The first kappa shape index (κ1) is 23.4. The second-order valence-corrected chi connectivity index (χ2v) is 8.31. The minimum absolute atomic E-state index is 0.0415. The van der Waals surface area contributed by atoms with E-state index in [2.05, 4.69) is 12.2 Å². The number of amides is 2. The zero-order chi connectivity index (χ0) is 20.6. The lowest BCUT2D eigenvalue weighted by molar-refractivity contribution is -0.161. The first-order valence-corrected chi connectivity index (χ1v) is 10.1. The highest BCUT2D eigenvalue weighted by atomic mass is 16.6. The molecule has 0 bridgehead atoms. The van der Waals surface area contributed by atoms with Crippen LogP contribution in [0.2, 0.25) is 0 Å². The van der Waals surface area contributed by atoms with Crippen LogP contribution >= 0.6 is 0 Å². The smallest absolute Gasteiger partial charge is 0.323 e. The van der Waals surface area contributed by atoms with Crippen molar-refractivity contribution in [3.63, 3.8) is 0 Å². The van der Waals surface area contributed by atoms with Crippen LogP contribution < -0.4 is 5.32 Å². The first-order valence-electron chi connectivity index (χ1n) is 10.1. The Morgan fingerprint density at radius 2 is 1.93 bits per heavy atom. The van der Waals surface area contributed by atoms with Gasteiger partial charge in [0.1, 0.15) is 11.6 Å². The van der Waals surface area contributed by atoms with E-state index in [-0.39, 0.29) is 30.4 Å². The molecule has 0 aromatic heterocycles. The molecule has 1 aliphatic rings. The average Bonchev–Trinajstić information content (AvgIpc) is 2.58. The van der Waals surface area contributed by atoms with Gasteiger partial charge in [-0.25, -0.2) is 0 Å². The number of hydrogen-bond acceptors (Lipinski definition) is 5. The largest absolute Gasteiger partial charge is 0.459 e. The van der Waals surface area contributed by atoms with Gasteiger partial charge in [-0.1, -0.05) is 6.92 Å². The molecule has 1 saturated heterocycles. The van der Waals surface area contributed by atoms with Crippen LogP contribution in [0.1, 0.15) is 67.2 Å². The summed E-state index contributed by atoms with van der Waals surface area (Å²) in [7, 11) is 0. The van der Waals surface area contributed by atoms with Gasteiger partial charge in [0.2, 0.25) is 11.8 Å². The number of piperidine rings is 1. The molecule has 2 atom stereocenters. The van der Waals surface area contributed by atoms with Crippen molar-refractivity contribution in [1.29, 1.82) is 0 Å². The fourth-order valence-corrected chi connectivity index (χ4v) is 3.34. The number of rotatable bonds is 8. The number of nitrogens with zero attached hydrogens (tertiary/aromatic N) is 2. The third-order valence-electron chi connectivity index (χ3n) is 4.83. The van der Waals surface area contributed by atoms with Crippen LogP contribution in [-0.2, 0) is 19.1 Å². The highest BCUT2D eigenvalue weighted by Gasteiger charge is 2.31. The fourth-order valence-electron chi connectivity index (χ4n) is 3.34. The molecule has 1 rings (SSSR count). The fraction of sp³-hybridized carbons (Fsp3) is 0.850. The Balaban J connectivity index is 2.81. The van der Waals surface area contributed by atoms with E-state index >= 15 is 0 Å². The van der Waals surface area contributed by atoms with Crippen molar-refractivity contribution in [2.75, 3.05) is 26.2 Å². The maximum Gasteiger partial charge on any atom is 0.323 e. The Bertz CT molecular complexity index is 516. The van der Waals surface area contributed by atoms with Crippen molar-refractivity contribution in [3.05, 3.63) is 0 Å². The van der Waals surface area contributed by atoms with E-state index in [0.717, 1.165) is 32.2 Å². The number of likely N-dealkylation sites (tertiary alicyclic amines) is 1. The monoisotopic (exact) mass is 383 g/mol. The summed E-state index contributed by atoms with van der Waals surface area (Å²) in [5.74, 6) is -0.447. The summed E-state index contributed by atoms with van der Waals surface area (Å²) in [5, 5.41) is 2.73. The van der Waals surface area contributed by atoms with Gasteiger partial charge in [-0.2, -0.15) is 0 Å². The summed E-state index contributed by atoms with van der Waals surface area (Å²) in [6.07, 6.45) is 4.16. The lowest BCUT2D eigenvalue weighted by Gasteiger charge is -2.37. The number of hydrogen-bond donors (Lipinski definition) is 1. The molecule has 1 fully saturated rings. The first-order chi connectivity index (χ1) is 12.5. The summed E-state index contributed by atoms with van der Waals surface area (Å²) in [6, 6.07) is -0.285. The number of nitrogens with one attached hydrogen (secondary N) is 1. The van der Waals surface area contributed by atoms with E-state index in [1.807, 2.05) is 25.7 Å². The van der Waals surface area contributed by atoms with Gasteiger partial charge in [0.05, 0.1) is 6.54 Å². The molecule has 1 N–H and O–H groups in total.